The second-order valence-corrected chi connectivity index (χ2v) is 7.21. The molecule has 9 nitrogen and oxygen atoms in total. The van der Waals surface area contributed by atoms with Gasteiger partial charge in [-0.1, -0.05) is 42.5 Å². The Bertz CT molecular complexity index is 1290. The maximum Gasteiger partial charge on any atom is 0.337 e. The van der Waals surface area contributed by atoms with Gasteiger partial charge in [0.1, 0.15) is 0 Å². The highest BCUT2D eigenvalue weighted by molar-refractivity contribution is 5.98. The topological polar surface area (TPSA) is 130 Å². The third kappa shape index (κ3) is 4.25. The monoisotopic (exact) mass is 445 g/mol. The first-order valence-corrected chi connectivity index (χ1v) is 9.88. The van der Waals surface area contributed by atoms with E-state index in [1.807, 2.05) is 0 Å². The molecule has 0 unspecified atom stereocenters. The van der Waals surface area contributed by atoms with Gasteiger partial charge in [-0.2, -0.15) is 0 Å². The number of nitrogens with zero attached hydrogens (tertiary/aromatic N) is 2. The molecule has 0 radical (unpaired) electrons. The second-order valence-electron chi connectivity index (χ2n) is 7.21. The summed E-state index contributed by atoms with van der Waals surface area (Å²) in [6, 6.07) is 19.1. The summed E-state index contributed by atoms with van der Waals surface area (Å²) in [5, 5.41) is 32.0. The lowest BCUT2D eigenvalue weighted by Gasteiger charge is -2.38. The number of carbonyl (C=O) groups is 3. The van der Waals surface area contributed by atoms with Crippen LogP contribution in [0.25, 0.3) is 5.57 Å². The van der Waals surface area contributed by atoms with Crippen molar-refractivity contribution in [2.24, 2.45) is 0 Å². The van der Waals surface area contributed by atoms with Crippen LogP contribution in [-0.2, 0) is 0 Å². The number of hydrogen-bond acceptors (Lipinski definition) is 6. The zero-order chi connectivity index (χ0) is 23.5. The first-order chi connectivity index (χ1) is 15.9. The standard InChI is InChI=1S/C24H19N3O6/c28-22(29)17-8-2-1-7-16(17)15-13-26(20-11-5-3-9-18(20)23(30)31)25-27(14-15)21-12-6-4-10-19(21)24(32)33/h1-13,25H,14H2,(H,28,29)(H,30,31)(H,32,33). The molecule has 1 aliphatic rings. The molecule has 166 valence electrons. The minimum atomic E-state index is -1.14. The molecule has 0 aromatic heterocycles. The van der Waals surface area contributed by atoms with Crippen molar-refractivity contribution in [2.45, 2.75) is 0 Å². The van der Waals surface area contributed by atoms with Gasteiger partial charge < -0.3 is 15.3 Å². The van der Waals surface area contributed by atoms with E-state index in [1.54, 1.807) is 60.8 Å². The third-order valence-electron chi connectivity index (χ3n) is 5.16. The Morgan fingerprint density at radius 2 is 1.15 bits per heavy atom. The molecular formula is C24H19N3O6. The molecule has 3 aromatic carbocycles. The van der Waals surface area contributed by atoms with Crippen LogP contribution in [0.3, 0.4) is 0 Å². The molecule has 1 heterocycles. The van der Waals surface area contributed by atoms with E-state index in [9.17, 15) is 29.7 Å². The summed E-state index contributed by atoms with van der Waals surface area (Å²) in [6.45, 7) is 0.125. The predicted molar refractivity (Wildman–Crippen MR) is 121 cm³/mol. The zero-order valence-electron chi connectivity index (χ0n) is 17.2. The van der Waals surface area contributed by atoms with Crippen LogP contribution >= 0.6 is 0 Å². The number of carboxylic acids is 3. The number of hydrazine groups is 2. The highest BCUT2D eigenvalue weighted by Crippen LogP contribution is 2.31. The van der Waals surface area contributed by atoms with Crippen LogP contribution in [0.1, 0.15) is 36.6 Å². The Morgan fingerprint density at radius 1 is 0.667 bits per heavy atom. The van der Waals surface area contributed by atoms with E-state index in [0.29, 0.717) is 22.5 Å². The molecule has 0 bridgehead atoms. The number of rotatable bonds is 6. The molecule has 0 saturated heterocycles. The lowest BCUT2D eigenvalue weighted by molar-refractivity contribution is 0.0686. The van der Waals surface area contributed by atoms with Crippen LogP contribution in [0, 0.1) is 0 Å². The highest BCUT2D eigenvalue weighted by atomic mass is 16.4. The molecule has 0 aliphatic carbocycles. The van der Waals surface area contributed by atoms with Gasteiger partial charge in [-0.05, 0) is 41.5 Å². The normalized spacial score (nSPS) is 13.4. The summed E-state index contributed by atoms with van der Waals surface area (Å²) in [7, 11) is 0. The lowest BCUT2D eigenvalue weighted by atomic mass is 9.99. The van der Waals surface area contributed by atoms with E-state index < -0.39 is 17.9 Å². The fourth-order valence-corrected chi connectivity index (χ4v) is 3.68. The van der Waals surface area contributed by atoms with Gasteiger partial charge in [0.25, 0.3) is 0 Å². The van der Waals surface area contributed by atoms with E-state index >= 15 is 0 Å². The maximum atomic E-state index is 11.8. The van der Waals surface area contributed by atoms with E-state index in [4.69, 9.17) is 0 Å². The largest absolute Gasteiger partial charge is 0.478 e. The third-order valence-corrected chi connectivity index (χ3v) is 5.16. The molecule has 0 atom stereocenters. The molecule has 0 amide bonds. The van der Waals surface area contributed by atoms with Crippen LogP contribution in [0.5, 0.6) is 0 Å². The van der Waals surface area contributed by atoms with Gasteiger partial charge in [-0.25, -0.2) is 14.4 Å². The molecule has 3 aromatic rings. The Kier molecular flexibility index (Phi) is 5.79. The van der Waals surface area contributed by atoms with Crippen molar-refractivity contribution in [3.63, 3.8) is 0 Å². The van der Waals surface area contributed by atoms with E-state index in [-0.39, 0.29) is 23.2 Å². The number of carboxylic acid groups (broad SMARTS) is 3. The van der Waals surface area contributed by atoms with Crippen molar-refractivity contribution in [2.75, 3.05) is 16.6 Å². The van der Waals surface area contributed by atoms with Crippen LogP contribution in [-0.4, -0.2) is 39.8 Å². The Morgan fingerprint density at radius 3 is 1.76 bits per heavy atom. The van der Waals surface area contributed by atoms with Gasteiger partial charge in [0, 0.05) is 6.20 Å². The van der Waals surface area contributed by atoms with Crippen molar-refractivity contribution >= 4 is 34.9 Å². The average Bonchev–Trinajstić information content (AvgIpc) is 2.83. The first kappa shape index (κ1) is 21.6. The SMILES string of the molecule is O=C(O)c1ccccc1C1=CN(c2ccccc2C(=O)O)NN(c2ccccc2C(=O)O)C1. The average molecular weight is 445 g/mol. The van der Waals surface area contributed by atoms with Gasteiger partial charge in [-0.3, -0.25) is 10.0 Å². The minimum Gasteiger partial charge on any atom is -0.478 e. The Hall–Kier alpha value is -4.63. The van der Waals surface area contributed by atoms with Crippen molar-refractivity contribution in [3.05, 3.63) is 101 Å². The summed E-state index contributed by atoms with van der Waals surface area (Å²) in [4.78, 5) is 35.5. The van der Waals surface area contributed by atoms with Crippen LogP contribution in [0.4, 0.5) is 11.4 Å². The van der Waals surface area contributed by atoms with Crippen molar-refractivity contribution in [1.82, 2.24) is 5.53 Å². The van der Waals surface area contributed by atoms with Crippen LogP contribution in [0.15, 0.2) is 79.0 Å². The maximum absolute atomic E-state index is 11.8. The van der Waals surface area contributed by atoms with Gasteiger partial charge in [0.15, 0.2) is 0 Å². The van der Waals surface area contributed by atoms with Gasteiger partial charge in [-0.15, -0.1) is 5.53 Å². The molecule has 4 N–H and O–H groups in total. The molecule has 0 spiro atoms. The first-order valence-electron chi connectivity index (χ1n) is 9.88. The number of aromatic carboxylic acids is 3. The fraction of sp³-hybridized carbons (Fsp3) is 0.0417. The van der Waals surface area contributed by atoms with Crippen molar-refractivity contribution < 1.29 is 29.7 Å². The predicted octanol–water partition coefficient (Wildman–Crippen LogP) is 3.57. The number of benzene rings is 3. The van der Waals surface area contributed by atoms with Crippen LogP contribution < -0.4 is 15.6 Å². The number of anilines is 2. The molecular weight excluding hydrogens is 426 g/mol. The lowest BCUT2D eigenvalue weighted by Crippen LogP contribution is -2.52. The molecule has 33 heavy (non-hydrogen) atoms. The minimum absolute atomic E-state index is 0.0143. The Labute approximate surface area is 188 Å². The molecule has 9 heteroatoms. The van der Waals surface area contributed by atoms with Crippen molar-refractivity contribution in [1.29, 1.82) is 0 Å². The number of hydrogen-bond donors (Lipinski definition) is 4. The van der Waals surface area contributed by atoms with E-state index in [0.717, 1.165) is 0 Å². The van der Waals surface area contributed by atoms with Crippen molar-refractivity contribution in [3.8, 4) is 0 Å². The van der Waals surface area contributed by atoms with Crippen LogP contribution in [0.2, 0.25) is 0 Å². The summed E-state index contributed by atoms with van der Waals surface area (Å²) >= 11 is 0. The van der Waals surface area contributed by atoms with E-state index in [2.05, 4.69) is 5.53 Å². The van der Waals surface area contributed by atoms with E-state index in [1.165, 1.54) is 28.2 Å². The quantitative estimate of drug-likeness (QED) is 0.450. The molecule has 0 saturated carbocycles. The molecule has 1 aliphatic heterocycles. The smallest absolute Gasteiger partial charge is 0.337 e. The second kappa shape index (κ2) is 8.85. The molecule has 0 fully saturated rings. The highest BCUT2D eigenvalue weighted by Gasteiger charge is 2.27. The Balaban J connectivity index is 1.89. The summed E-state index contributed by atoms with van der Waals surface area (Å²) < 4.78 is 0. The van der Waals surface area contributed by atoms with Gasteiger partial charge in [0.05, 0.1) is 34.6 Å². The molecule has 4 rings (SSSR count). The summed E-state index contributed by atoms with van der Waals surface area (Å²) in [5.74, 6) is -3.39. The summed E-state index contributed by atoms with van der Waals surface area (Å²) in [6.07, 6.45) is 1.61. The number of nitrogens with one attached hydrogen (secondary N) is 1. The summed E-state index contributed by atoms with van der Waals surface area (Å²) in [5.41, 5.74) is 4.77. The van der Waals surface area contributed by atoms with Gasteiger partial charge >= 0.3 is 17.9 Å². The fourth-order valence-electron chi connectivity index (χ4n) is 3.68. The zero-order valence-corrected chi connectivity index (χ0v) is 17.2. The van der Waals surface area contributed by atoms with Gasteiger partial charge in [0.2, 0.25) is 0 Å². The number of para-hydroxylation sites is 2.